The highest BCUT2D eigenvalue weighted by atomic mass is 19.1. The summed E-state index contributed by atoms with van der Waals surface area (Å²) in [4.78, 5) is 4.32. The van der Waals surface area contributed by atoms with Crippen LogP contribution >= 0.6 is 0 Å². The van der Waals surface area contributed by atoms with Crippen LogP contribution < -0.4 is 0 Å². The summed E-state index contributed by atoms with van der Waals surface area (Å²) in [7, 11) is 0. The summed E-state index contributed by atoms with van der Waals surface area (Å²) in [6.07, 6.45) is 6.99. The summed E-state index contributed by atoms with van der Waals surface area (Å²) < 4.78 is 12.8. The number of halogens is 1. The third-order valence-corrected chi connectivity index (χ3v) is 3.04. The number of aryl methyl sites for hydroxylation is 1. The Bertz CT molecular complexity index is 567. The number of hydrogen-bond acceptors (Lipinski definition) is 1. The summed E-state index contributed by atoms with van der Waals surface area (Å²) in [5, 5.41) is 0. The van der Waals surface area contributed by atoms with E-state index < -0.39 is 0 Å². The molecule has 0 unspecified atom stereocenters. The Balaban J connectivity index is 1.96. The zero-order valence-electron chi connectivity index (χ0n) is 11.4. The Morgan fingerprint density at radius 3 is 2.35 bits per heavy atom. The average molecular weight is 267 g/mol. The highest BCUT2D eigenvalue weighted by molar-refractivity contribution is 5.81. The van der Waals surface area contributed by atoms with Gasteiger partial charge < -0.3 is 0 Å². The van der Waals surface area contributed by atoms with Crippen molar-refractivity contribution in [3.63, 3.8) is 0 Å². The van der Waals surface area contributed by atoms with Crippen LogP contribution in [0.15, 0.2) is 66.2 Å². The second kappa shape index (κ2) is 7.39. The molecule has 0 N–H and O–H groups in total. The first kappa shape index (κ1) is 14.2. The van der Waals surface area contributed by atoms with Gasteiger partial charge in [-0.15, -0.1) is 6.58 Å². The van der Waals surface area contributed by atoms with Gasteiger partial charge in [-0.05, 0) is 54.7 Å². The van der Waals surface area contributed by atoms with Crippen LogP contribution in [-0.2, 0) is 6.42 Å². The summed E-state index contributed by atoms with van der Waals surface area (Å²) in [5.74, 6) is -0.243. The number of nitrogens with zero attached hydrogens (tertiary/aromatic N) is 1. The molecule has 0 aliphatic heterocycles. The lowest BCUT2D eigenvalue weighted by atomic mass is 10.1. The first-order chi connectivity index (χ1) is 9.78. The smallest absolute Gasteiger partial charge is 0.123 e. The van der Waals surface area contributed by atoms with Gasteiger partial charge in [0.25, 0.3) is 0 Å². The molecular formula is C18H18FN. The molecular weight excluding hydrogens is 249 g/mol. The Labute approximate surface area is 119 Å². The zero-order chi connectivity index (χ0) is 14.2. The molecule has 2 heteroatoms. The summed E-state index contributed by atoms with van der Waals surface area (Å²) >= 11 is 0. The third kappa shape index (κ3) is 4.47. The van der Waals surface area contributed by atoms with Gasteiger partial charge in [0.2, 0.25) is 0 Å². The molecule has 0 spiro atoms. The first-order valence-electron chi connectivity index (χ1n) is 6.77. The van der Waals surface area contributed by atoms with Gasteiger partial charge in [0.15, 0.2) is 0 Å². The maximum absolute atomic E-state index is 12.8. The minimum absolute atomic E-state index is 0.243. The van der Waals surface area contributed by atoms with Gasteiger partial charge in [-0.2, -0.15) is 0 Å². The van der Waals surface area contributed by atoms with Crippen molar-refractivity contribution >= 4 is 11.9 Å². The van der Waals surface area contributed by atoms with Crippen molar-refractivity contribution in [3.8, 4) is 0 Å². The number of allylic oxidation sites excluding steroid dienone is 1. The van der Waals surface area contributed by atoms with Crippen molar-refractivity contribution < 1.29 is 4.39 Å². The summed E-state index contributed by atoms with van der Waals surface area (Å²) in [5.41, 5.74) is 3.12. The molecule has 0 aliphatic rings. The molecule has 1 nitrogen and oxygen atoms in total. The molecule has 0 fully saturated rings. The van der Waals surface area contributed by atoms with Gasteiger partial charge in [0.05, 0.1) is 5.69 Å². The Morgan fingerprint density at radius 2 is 1.70 bits per heavy atom. The van der Waals surface area contributed by atoms with E-state index in [1.54, 1.807) is 18.3 Å². The average Bonchev–Trinajstić information content (AvgIpc) is 2.48. The van der Waals surface area contributed by atoms with E-state index in [0.29, 0.717) is 0 Å². The molecule has 102 valence electrons. The van der Waals surface area contributed by atoms with E-state index in [-0.39, 0.29) is 5.82 Å². The predicted octanol–water partition coefficient (Wildman–Crippen LogP) is 5.09. The lowest BCUT2D eigenvalue weighted by Crippen LogP contribution is -1.86. The summed E-state index contributed by atoms with van der Waals surface area (Å²) in [6.45, 7) is 3.72. The fraction of sp³-hybridized carbons (Fsp3) is 0.167. The zero-order valence-corrected chi connectivity index (χ0v) is 11.4. The van der Waals surface area contributed by atoms with E-state index in [4.69, 9.17) is 0 Å². The largest absolute Gasteiger partial charge is 0.256 e. The van der Waals surface area contributed by atoms with Gasteiger partial charge >= 0.3 is 0 Å². The number of unbranched alkanes of at least 4 members (excludes halogenated alkanes) is 1. The highest BCUT2D eigenvalue weighted by Crippen LogP contribution is 2.13. The first-order valence-corrected chi connectivity index (χ1v) is 6.77. The van der Waals surface area contributed by atoms with Crippen LogP contribution in [0.5, 0.6) is 0 Å². The van der Waals surface area contributed by atoms with Crippen LogP contribution in [-0.4, -0.2) is 6.21 Å². The van der Waals surface area contributed by atoms with E-state index in [2.05, 4.69) is 35.8 Å². The fourth-order valence-corrected chi connectivity index (χ4v) is 1.90. The molecule has 0 aliphatic carbocycles. The molecule has 0 bridgehead atoms. The molecule has 2 aromatic carbocycles. The van der Waals surface area contributed by atoms with Gasteiger partial charge in [-0.1, -0.05) is 30.3 Å². The minimum Gasteiger partial charge on any atom is -0.256 e. The van der Waals surface area contributed by atoms with Crippen molar-refractivity contribution in [1.29, 1.82) is 0 Å². The van der Waals surface area contributed by atoms with E-state index in [0.717, 1.165) is 30.5 Å². The highest BCUT2D eigenvalue weighted by Gasteiger charge is 1.94. The number of rotatable bonds is 6. The van der Waals surface area contributed by atoms with Crippen molar-refractivity contribution in [2.75, 3.05) is 0 Å². The second-order valence-corrected chi connectivity index (χ2v) is 4.66. The van der Waals surface area contributed by atoms with Gasteiger partial charge in [0, 0.05) is 6.21 Å². The predicted molar refractivity (Wildman–Crippen MR) is 83.2 cm³/mol. The van der Waals surface area contributed by atoms with E-state index in [9.17, 15) is 4.39 Å². The molecule has 0 saturated carbocycles. The standard InChI is InChI=1S/C18H18FN/c1-2-3-4-5-15-6-8-16(9-7-15)14-20-18-12-10-17(19)11-13-18/h2,6-14H,1,3-5H2. The number of aliphatic imine (C=N–C) groups is 1. The third-order valence-electron chi connectivity index (χ3n) is 3.04. The molecule has 0 aromatic heterocycles. The topological polar surface area (TPSA) is 12.4 Å². The van der Waals surface area contributed by atoms with Crippen LogP contribution in [0.3, 0.4) is 0 Å². The second-order valence-electron chi connectivity index (χ2n) is 4.66. The van der Waals surface area contributed by atoms with E-state index in [1.807, 2.05) is 6.08 Å². The Kier molecular flexibility index (Phi) is 5.24. The monoisotopic (exact) mass is 267 g/mol. The Hall–Kier alpha value is -2.22. The van der Waals surface area contributed by atoms with Crippen molar-refractivity contribution in [2.45, 2.75) is 19.3 Å². The minimum atomic E-state index is -0.243. The normalized spacial score (nSPS) is 10.8. The molecule has 0 atom stereocenters. The maximum Gasteiger partial charge on any atom is 0.123 e. The fourth-order valence-electron chi connectivity index (χ4n) is 1.90. The van der Waals surface area contributed by atoms with Crippen LogP contribution in [0, 0.1) is 5.82 Å². The molecule has 0 saturated heterocycles. The molecule has 20 heavy (non-hydrogen) atoms. The quantitative estimate of drug-likeness (QED) is 0.393. The molecule has 0 heterocycles. The van der Waals surface area contributed by atoms with E-state index >= 15 is 0 Å². The molecule has 0 radical (unpaired) electrons. The lowest BCUT2D eigenvalue weighted by molar-refractivity contribution is 0.628. The van der Waals surface area contributed by atoms with Crippen molar-refractivity contribution in [2.24, 2.45) is 4.99 Å². The SMILES string of the molecule is C=CCCCc1ccc(C=Nc2ccc(F)cc2)cc1. The van der Waals surface area contributed by atoms with Gasteiger partial charge in [0.1, 0.15) is 5.82 Å². The number of benzene rings is 2. The van der Waals surface area contributed by atoms with Gasteiger partial charge in [-0.25, -0.2) is 4.39 Å². The van der Waals surface area contributed by atoms with Crippen molar-refractivity contribution in [3.05, 3.63) is 78.1 Å². The maximum atomic E-state index is 12.8. The van der Waals surface area contributed by atoms with Crippen LogP contribution in [0.4, 0.5) is 10.1 Å². The van der Waals surface area contributed by atoms with Gasteiger partial charge in [-0.3, -0.25) is 4.99 Å². The lowest BCUT2D eigenvalue weighted by Gasteiger charge is -2.00. The Morgan fingerprint density at radius 1 is 1.00 bits per heavy atom. The van der Waals surface area contributed by atoms with Crippen LogP contribution in [0.1, 0.15) is 24.0 Å². The van der Waals surface area contributed by atoms with E-state index in [1.165, 1.54) is 17.7 Å². The van der Waals surface area contributed by atoms with Crippen molar-refractivity contribution in [1.82, 2.24) is 0 Å². The number of hydrogen-bond donors (Lipinski definition) is 0. The summed E-state index contributed by atoms with van der Waals surface area (Å²) in [6, 6.07) is 14.5. The molecule has 0 amide bonds. The van der Waals surface area contributed by atoms with Crippen LogP contribution in [0.25, 0.3) is 0 Å². The molecule has 2 rings (SSSR count). The molecule has 2 aromatic rings. The van der Waals surface area contributed by atoms with Crippen LogP contribution in [0.2, 0.25) is 0 Å².